The van der Waals surface area contributed by atoms with Crippen LogP contribution in [0.25, 0.3) is 0 Å². The Morgan fingerprint density at radius 3 is 2.44 bits per heavy atom. The van der Waals surface area contributed by atoms with E-state index in [2.05, 4.69) is 22.4 Å². The summed E-state index contributed by atoms with van der Waals surface area (Å²) < 4.78 is 5.68. The zero-order chi connectivity index (χ0) is 17.9. The van der Waals surface area contributed by atoms with Crippen molar-refractivity contribution in [1.82, 2.24) is 10.7 Å². The van der Waals surface area contributed by atoms with Gasteiger partial charge in [-0.25, -0.2) is 5.43 Å². The van der Waals surface area contributed by atoms with Crippen LogP contribution in [0.2, 0.25) is 0 Å². The number of hydrogen-bond acceptors (Lipinski definition) is 4. The molecule has 0 radical (unpaired) electrons. The first-order valence-corrected chi connectivity index (χ1v) is 7.68. The standard InChI is InChI=1S/C19H19N3O3/c1-2-12-20-18(23)19(24)22-21-13-15-8-10-17(11-9-15)25-14-16-6-4-3-5-7-16/h2-11,13H,1,12,14H2,(H,20,23)(H,22,24)/b21-13-. The van der Waals surface area contributed by atoms with Crippen molar-refractivity contribution in [3.63, 3.8) is 0 Å². The largest absolute Gasteiger partial charge is 0.489 e. The van der Waals surface area contributed by atoms with Gasteiger partial charge in [-0.05, 0) is 35.4 Å². The fraction of sp³-hybridized carbons (Fsp3) is 0.105. The third kappa shape index (κ3) is 6.31. The maximum absolute atomic E-state index is 11.4. The lowest BCUT2D eigenvalue weighted by Gasteiger charge is -2.06. The van der Waals surface area contributed by atoms with Gasteiger partial charge in [-0.1, -0.05) is 36.4 Å². The topological polar surface area (TPSA) is 79.8 Å². The molecular weight excluding hydrogens is 318 g/mol. The van der Waals surface area contributed by atoms with Gasteiger partial charge in [-0.3, -0.25) is 9.59 Å². The summed E-state index contributed by atoms with van der Waals surface area (Å²) in [7, 11) is 0. The minimum atomic E-state index is -0.832. The average Bonchev–Trinajstić information content (AvgIpc) is 2.66. The van der Waals surface area contributed by atoms with Gasteiger partial charge < -0.3 is 10.1 Å². The van der Waals surface area contributed by atoms with Crippen molar-refractivity contribution in [3.8, 4) is 5.75 Å². The lowest BCUT2D eigenvalue weighted by molar-refractivity contribution is -0.139. The summed E-state index contributed by atoms with van der Waals surface area (Å²) in [6.45, 7) is 4.16. The van der Waals surface area contributed by atoms with Crippen molar-refractivity contribution < 1.29 is 14.3 Å². The molecule has 2 N–H and O–H groups in total. The van der Waals surface area contributed by atoms with Gasteiger partial charge in [0.25, 0.3) is 0 Å². The zero-order valence-corrected chi connectivity index (χ0v) is 13.6. The maximum Gasteiger partial charge on any atom is 0.329 e. The number of rotatable bonds is 7. The molecule has 6 heteroatoms. The predicted molar refractivity (Wildman–Crippen MR) is 96.2 cm³/mol. The summed E-state index contributed by atoms with van der Waals surface area (Å²) in [5.74, 6) is -0.864. The molecule has 0 atom stereocenters. The van der Waals surface area contributed by atoms with E-state index in [1.807, 2.05) is 42.5 Å². The summed E-state index contributed by atoms with van der Waals surface area (Å²) in [5, 5.41) is 6.10. The molecule has 2 aromatic carbocycles. The summed E-state index contributed by atoms with van der Waals surface area (Å²) >= 11 is 0. The lowest BCUT2D eigenvalue weighted by Crippen LogP contribution is -2.37. The van der Waals surface area contributed by atoms with Gasteiger partial charge in [-0.15, -0.1) is 6.58 Å². The zero-order valence-electron chi connectivity index (χ0n) is 13.6. The Labute approximate surface area is 146 Å². The molecule has 2 rings (SSSR count). The molecule has 0 saturated heterocycles. The number of ether oxygens (including phenoxy) is 1. The molecule has 0 fully saturated rings. The van der Waals surface area contributed by atoms with Crippen LogP contribution in [0.1, 0.15) is 11.1 Å². The van der Waals surface area contributed by atoms with E-state index in [0.29, 0.717) is 6.61 Å². The highest BCUT2D eigenvalue weighted by molar-refractivity contribution is 6.35. The maximum atomic E-state index is 11.4. The van der Waals surface area contributed by atoms with Crippen LogP contribution in [0, 0.1) is 0 Å². The van der Waals surface area contributed by atoms with Crippen molar-refractivity contribution in [2.75, 3.05) is 6.54 Å². The van der Waals surface area contributed by atoms with Crippen LogP contribution >= 0.6 is 0 Å². The van der Waals surface area contributed by atoms with Gasteiger partial charge in [0.15, 0.2) is 0 Å². The van der Waals surface area contributed by atoms with Crippen LogP contribution in [-0.2, 0) is 16.2 Å². The Bertz CT molecular complexity index is 740. The third-order valence-corrected chi connectivity index (χ3v) is 3.12. The van der Waals surface area contributed by atoms with Crippen LogP contribution in [0.4, 0.5) is 0 Å². The number of nitrogens with one attached hydrogen (secondary N) is 2. The van der Waals surface area contributed by atoms with Crippen LogP contribution in [0.15, 0.2) is 72.4 Å². The fourth-order valence-corrected chi connectivity index (χ4v) is 1.85. The monoisotopic (exact) mass is 337 g/mol. The minimum Gasteiger partial charge on any atom is -0.489 e. The molecule has 2 amide bonds. The lowest BCUT2D eigenvalue weighted by atomic mass is 10.2. The SMILES string of the molecule is C=CCNC(=O)C(=O)N/N=C\c1ccc(OCc2ccccc2)cc1. The Balaban J connectivity index is 1.80. The van der Waals surface area contributed by atoms with Crippen LogP contribution < -0.4 is 15.5 Å². The Morgan fingerprint density at radius 1 is 1.04 bits per heavy atom. The molecule has 0 aliphatic rings. The highest BCUT2D eigenvalue weighted by atomic mass is 16.5. The molecule has 0 bridgehead atoms. The quantitative estimate of drug-likeness (QED) is 0.351. The molecule has 0 aromatic heterocycles. The molecule has 25 heavy (non-hydrogen) atoms. The molecule has 128 valence electrons. The van der Waals surface area contributed by atoms with E-state index >= 15 is 0 Å². The summed E-state index contributed by atoms with van der Waals surface area (Å²) in [5.41, 5.74) is 4.01. The number of hydrogen-bond donors (Lipinski definition) is 2. The Hall–Kier alpha value is -3.41. The number of hydrazone groups is 1. The molecule has 0 spiro atoms. The van der Waals surface area contributed by atoms with E-state index in [1.165, 1.54) is 12.3 Å². The highest BCUT2D eigenvalue weighted by Crippen LogP contribution is 2.13. The molecule has 0 saturated carbocycles. The second-order valence-electron chi connectivity index (χ2n) is 5.04. The third-order valence-electron chi connectivity index (χ3n) is 3.12. The van der Waals surface area contributed by atoms with E-state index in [4.69, 9.17) is 4.74 Å². The Kier molecular flexibility index (Phi) is 6.94. The van der Waals surface area contributed by atoms with Crippen molar-refractivity contribution >= 4 is 18.0 Å². The highest BCUT2D eigenvalue weighted by Gasteiger charge is 2.10. The summed E-state index contributed by atoms with van der Waals surface area (Å²) in [6, 6.07) is 17.1. The minimum absolute atomic E-state index is 0.223. The molecule has 0 aliphatic heterocycles. The number of nitrogens with zero attached hydrogens (tertiary/aromatic N) is 1. The van der Waals surface area contributed by atoms with Gasteiger partial charge in [0.1, 0.15) is 12.4 Å². The smallest absolute Gasteiger partial charge is 0.329 e. The normalized spacial score (nSPS) is 10.2. The first-order valence-electron chi connectivity index (χ1n) is 7.68. The first-order chi connectivity index (χ1) is 12.2. The number of carbonyl (C=O) groups is 2. The summed E-state index contributed by atoms with van der Waals surface area (Å²) in [4.78, 5) is 22.7. The number of benzene rings is 2. The predicted octanol–water partition coefficient (Wildman–Crippen LogP) is 2.02. The number of amides is 2. The van der Waals surface area contributed by atoms with Gasteiger partial charge in [-0.2, -0.15) is 5.10 Å². The average molecular weight is 337 g/mol. The van der Waals surface area contributed by atoms with Gasteiger partial charge >= 0.3 is 11.8 Å². The van der Waals surface area contributed by atoms with Gasteiger partial charge in [0, 0.05) is 6.54 Å². The Morgan fingerprint density at radius 2 is 1.76 bits per heavy atom. The van der Waals surface area contributed by atoms with Crippen LogP contribution in [0.3, 0.4) is 0 Å². The van der Waals surface area contributed by atoms with Crippen molar-refractivity contribution in [2.24, 2.45) is 5.10 Å². The second kappa shape index (κ2) is 9.67. The van der Waals surface area contributed by atoms with Crippen molar-refractivity contribution in [1.29, 1.82) is 0 Å². The summed E-state index contributed by atoms with van der Waals surface area (Å²) in [6.07, 6.45) is 2.93. The van der Waals surface area contributed by atoms with Gasteiger partial charge in [0.2, 0.25) is 0 Å². The van der Waals surface area contributed by atoms with E-state index < -0.39 is 11.8 Å². The van der Waals surface area contributed by atoms with E-state index in [0.717, 1.165) is 16.9 Å². The van der Waals surface area contributed by atoms with Crippen molar-refractivity contribution in [2.45, 2.75) is 6.61 Å². The molecule has 0 aliphatic carbocycles. The van der Waals surface area contributed by atoms with E-state index in [1.54, 1.807) is 12.1 Å². The molecule has 0 unspecified atom stereocenters. The van der Waals surface area contributed by atoms with Crippen LogP contribution in [0.5, 0.6) is 5.75 Å². The van der Waals surface area contributed by atoms with E-state index in [-0.39, 0.29) is 6.54 Å². The van der Waals surface area contributed by atoms with Crippen LogP contribution in [-0.4, -0.2) is 24.6 Å². The first kappa shape index (κ1) is 17.9. The molecule has 6 nitrogen and oxygen atoms in total. The van der Waals surface area contributed by atoms with Gasteiger partial charge in [0.05, 0.1) is 6.21 Å². The fourth-order valence-electron chi connectivity index (χ4n) is 1.85. The molecular formula is C19H19N3O3. The molecule has 2 aromatic rings. The second-order valence-corrected chi connectivity index (χ2v) is 5.04. The molecule has 0 heterocycles. The number of carbonyl (C=O) groups excluding carboxylic acids is 2. The van der Waals surface area contributed by atoms with E-state index in [9.17, 15) is 9.59 Å². The van der Waals surface area contributed by atoms with Crippen molar-refractivity contribution in [3.05, 3.63) is 78.4 Å².